The smallest absolute Gasteiger partial charge is 0.191 e. The first-order valence-corrected chi connectivity index (χ1v) is 9.19. The van der Waals surface area contributed by atoms with E-state index < -0.39 is 0 Å². The number of rotatable bonds is 9. The van der Waals surface area contributed by atoms with E-state index in [9.17, 15) is 0 Å². The molecule has 1 aromatic heterocycles. The predicted molar refractivity (Wildman–Crippen MR) is 110 cm³/mol. The van der Waals surface area contributed by atoms with Gasteiger partial charge < -0.3 is 15.4 Å². The highest BCUT2D eigenvalue weighted by Gasteiger charge is 2.36. The van der Waals surface area contributed by atoms with Gasteiger partial charge in [0.2, 0.25) is 0 Å². The first-order valence-electron chi connectivity index (χ1n) is 8.31. The van der Waals surface area contributed by atoms with E-state index in [2.05, 4.69) is 35.1 Å². The first kappa shape index (κ1) is 20.7. The van der Waals surface area contributed by atoms with Crippen LogP contribution in [0.15, 0.2) is 22.5 Å². The maximum Gasteiger partial charge on any atom is 0.191 e. The van der Waals surface area contributed by atoms with Crippen molar-refractivity contribution in [2.75, 3.05) is 33.4 Å². The van der Waals surface area contributed by atoms with Gasteiger partial charge in [0.1, 0.15) is 0 Å². The molecule has 1 aromatic rings. The minimum absolute atomic E-state index is 0. The van der Waals surface area contributed by atoms with E-state index in [1.54, 1.807) is 7.11 Å². The van der Waals surface area contributed by atoms with Crippen LogP contribution in [0.1, 0.15) is 37.5 Å². The van der Waals surface area contributed by atoms with Crippen LogP contribution in [-0.2, 0) is 11.2 Å². The number of halogens is 1. The summed E-state index contributed by atoms with van der Waals surface area (Å²) < 4.78 is 5.26. The Bertz CT molecular complexity index is 447. The molecule has 0 saturated heterocycles. The molecule has 1 heterocycles. The van der Waals surface area contributed by atoms with Crippen molar-refractivity contribution < 1.29 is 4.74 Å². The lowest BCUT2D eigenvalue weighted by atomic mass is 9.67. The van der Waals surface area contributed by atoms with Crippen molar-refractivity contribution in [3.05, 3.63) is 22.4 Å². The fourth-order valence-electron chi connectivity index (χ4n) is 2.83. The lowest BCUT2D eigenvalue weighted by Crippen LogP contribution is -2.40. The van der Waals surface area contributed by atoms with Gasteiger partial charge in [0, 0.05) is 38.2 Å². The van der Waals surface area contributed by atoms with Crippen molar-refractivity contribution in [3.8, 4) is 0 Å². The molecule has 6 heteroatoms. The van der Waals surface area contributed by atoms with E-state index in [1.165, 1.54) is 24.1 Å². The molecule has 2 N–H and O–H groups in total. The summed E-state index contributed by atoms with van der Waals surface area (Å²) in [7, 11) is 1.78. The third-order valence-corrected chi connectivity index (χ3v) is 5.35. The molecule has 0 spiro atoms. The zero-order chi connectivity index (χ0) is 15.7. The van der Waals surface area contributed by atoms with E-state index in [4.69, 9.17) is 9.73 Å². The van der Waals surface area contributed by atoms with E-state index in [1.807, 2.05) is 11.3 Å². The zero-order valence-electron chi connectivity index (χ0n) is 14.3. The third-order valence-electron chi connectivity index (χ3n) is 4.41. The van der Waals surface area contributed by atoms with E-state index >= 15 is 0 Å². The molecule has 0 aliphatic heterocycles. The standard InChI is InChI=1S/C17H29N3OS.HI/c1-3-18-16(19-11-7-15-6-4-13-22-15)20-14-17(8-5-9-17)10-12-21-2;/h4,6,13H,3,5,7-12,14H2,1-2H3,(H2,18,19,20);1H. The molecule has 0 atom stereocenters. The molecule has 0 unspecified atom stereocenters. The number of thiophene rings is 1. The lowest BCUT2D eigenvalue weighted by Gasteiger charge is -2.40. The van der Waals surface area contributed by atoms with Crippen molar-refractivity contribution in [1.82, 2.24) is 10.6 Å². The molecule has 0 amide bonds. The fraction of sp³-hybridized carbons (Fsp3) is 0.706. The molecule has 0 aromatic carbocycles. The molecule has 132 valence electrons. The highest BCUT2D eigenvalue weighted by atomic mass is 127. The summed E-state index contributed by atoms with van der Waals surface area (Å²) in [5, 5.41) is 8.93. The van der Waals surface area contributed by atoms with Gasteiger partial charge in [-0.1, -0.05) is 12.5 Å². The van der Waals surface area contributed by atoms with Crippen LogP contribution < -0.4 is 10.6 Å². The lowest BCUT2D eigenvalue weighted by molar-refractivity contribution is 0.0778. The number of ether oxygens (including phenoxy) is 1. The van der Waals surface area contributed by atoms with Crippen LogP contribution in [0.5, 0.6) is 0 Å². The van der Waals surface area contributed by atoms with Gasteiger partial charge in [-0.3, -0.25) is 4.99 Å². The summed E-state index contributed by atoms with van der Waals surface area (Å²) in [5.74, 6) is 0.947. The monoisotopic (exact) mass is 451 g/mol. The topological polar surface area (TPSA) is 45.7 Å². The van der Waals surface area contributed by atoms with Crippen molar-refractivity contribution >= 4 is 41.3 Å². The average molecular weight is 451 g/mol. The molecule has 0 bridgehead atoms. The number of aliphatic imine (C=N–C) groups is 1. The van der Waals surface area contributed by atoms with E-state index in [0.717, 1.165) is 45.0 Å². The van der Waals surface area contributed by atoms with Crippen molar-refractivity contribution in [3.63, 3.8) is 0 Å². The third kappa shape index (κ3) is 6.97. The van der Waals surface area contributed by atoms with Crippen LogP contribution in [0, 0.1) is 5.41 Å². The zero-order valence-corrected chi connectivity index (χ0v) is 17.4. The van der Waals surface area contributed by atoms with E-state index in [-0.39, 0.29) is 24.0 Å². The summed E-state index contributed by atoms with van der Waals surface area (Å²) in [4.78, 5) is 6.24. The van der Waals surface area contributed by atoms with Gasteiger partial charge >= 0.3 is 0 Å². The Hall–Kier alpha value is -0.340. The van der Waals surface area contributed by atoms with Crippen LogP contribution >= 0.6 is 35.3 Å². The molecule has 2 rings (SSSR count). The normalized spacial score (nSPS) is 16.3. The Labute approximate surface area is 161 Å². The predicted octanol–water partition coefficient (Wildman–Crippen LogP) is 3.67. The van der Waals surface area contributed by atoms with Crippen LogP contribution in [0.4, 0.5) is 0 Å². The van der Waals surface area contributed by atoms with Gasteiger partial charge in [-0.2, -0.15) is 0 Å². The summed E-state index contributed by atoms with van der Waals surface area (Å²) >= 11 is 1.81. The quantitative estimate of drug-likeness (QED) is 0.342. The van der Waals surface area contributed by atoms with Crippen LogP contribution in [0.3, 0.4) is 0 Å². The summed E-state index contributed by atoms with van der Waals surface area (Å²) in [6.45, 7) is 5.69. The van der Waals surface area contributed by atoms with Gasteiger partial charge in [-0.05, 0) is 49.5 Å². The molecule has 1 aliphatic carbocycles. The van der Waals surface area contributed by atoms with Gasteiger partial charge in [-0.15, -0.1) is 35.3 Å². The fourth-order valence-corrected chi connectivity index (χ4v) is 3.54. The summed E-state index contributed by atoms with van der Waals surface area (Å²) in [6.07, 6.45) is 6.09. The number of methoxy groups -OCH3 is 1. The van der Waals surface area contributed by atoms with Crippen molar-refractivity contribution in [1.29, 1.82) is 0 Å². The Balaban J connectivity index is 0.00000264. The molecule has 1 aliphatic rings. The molecule has 1 saturated carbocycles. The van der Waals surface area contributed by atoms with Crippen molar-refractivity contribution in [2.24, 2.45) is 10.4 Å². The molecule has 1 fully saturated rings. The highest BCUT2D eigenvalue weighted by molar-refractivity contribution is 14.0. The number of nitrogens with one attached hydrogen (secondary N) is 2. The number of hydrogen-bond donors (Lipinski definition) is 2. The van der Waals surface area contributed by atoms with Crippen LogP contribution in [0.25, 0.3) is 0 Å². The Morgan fingerprint density at radius 3 is 2.78 bits per heavy atom. The van der Waals surface area contributed by atoms with Gasteiger partial charge in [0.05, 0.1) is 0 Å². The second-order valence-corrected chi connectivity index (χ2v) is 7.08. The Morgan fingerprint density at radius 2 is 2.22 bits per heavy atom. The van der Waals surface area contributed by atoms with E-state index in [0.29, 0.717) is 5.41 Å². The first-order chi connectivity index (χ1) is 10.8. The number of guanidine groups is 1. The van der Waals surface area contributed by atoms with Crippen LogP contribution in [-0.4, -0.2) is 39.3 Å². The van der Waals surface area contributed by atoms with Gasteiger partial charge in [0.15, 0.2) is 5.96 Å². The van der Waals surface area contributed by atoms with Crippen LogP contribution in [0.2, 0.25) is 0 Å². The minimum Gasteiger partial charge on any atom is -0.385 e. The van der Waals surface area contributed by atoms with Crippen molar-refractivity contribution in [2.45, 2.75) is 39.0 Å². The molecule has 0 radical (unpaired) electrons. The van der Waals surface area contributed by atoms with Gasteiger partial charge in [-0.25, -0.2) is 0 Å². The summed E-state index contributed by atoms with van der Waals surface area (Å²) in [5.41, 5.74) is 0.381. The van der Waals surface area contributed by atoms with Gasteiger partial charge in [0.25, 0.3) is 0 Å². The average Bonchev–Trinajstić information content (AvgIpc) is 2.99. The Morgan fingerprint density at radius 1 is 1.39 bits per heavy atom. The SMILES string of the molecule is CCNC(=NCC1(CCOC)CCC1)NCCc1cccs1.I. The second-order valence-electron chi connectivity index (χ2n) is 6.05. The minimum atomic E-state index is 0. The second kappa shape index (κ2) is 11.3. The highest BCUT2D eigenvalue weighted by Crippen LogP contribution is 2.44. The molecule has 23 heavy (non-hydrogen) atoms. The largest absolute Gasteiger partial charge is 0.385 e. The summed E-state index contributed by atoms with van der Waals surface area (Å²) in [6, 6.07) is 4.29. The maximum atomic E-state index is 5.26. The number of hydrogen-bond acceptors (Lipinski definition) is 3. The molecular formula is C17H30IN3OS. The maximum absolute atomic E-state index is 5.26. The Kier molecular flexibility index (Phi) is 10.1. The molecular weight excluding hydrogens is 421 g/mol. The molecule has 4 nitrogen and oxygen atoms in total. The number of nitrogens with zero attached hydrogens (tertiary/aromatic N) is 1.